The van der Waals surface area contributed by atoms with Crippen LogP contribution in [0.5, 0.6) is 5.75 Å². The van der Waals surface area contributed by atoms with Gasteiger partial charge < -0.3 is 15.4 Å². The number of hydrogen-bond donors (Lipinski definition) is 1. The summed E-state index contributed by atoms with van der Waals surface area (Å²) in [6.07, 6.45) is 1.26. The van der Waals surface area contributed by atoms with Crippen molar-refractivity contribution in [3.05, 3.63) is 29.8 Å². The van der Waals surface area contributed by atoms with Crippen molar-refractivity contribution in [2.75, 3.05) is 26.7 Å². The Morgan fingerprint density at radius 3 is 2.83 bits per heavy atom. The minimum atomic E-state index is 0.0639. The molecule has 100 valence electrons. The average molecular weight is 248 g/mol. The average Bonchev–Trinajstić information content (AvgIpc) is 2.68. The van der Waals surface area contributed by atoms with E-state index in [-0.39, 0.29) is 6.04 Å². The molecule has 1 atom stereocenters. The molecule has 0 bridgehead atoms. The van der Waals surface area contributed by atoms with Crippen LogP contribution in [0.15, 0.2) is 24.3 Å². The highest BCUT2D eigenvalue weighted by molar-refractivity contribution is 5.30. The van der Waals surface area contributed by atoms with E-state index >= 15 is 0 Å². The number of hydrogen-bond acceptors (Lipinski definition) is 3. The van der Waals surface area contributed by atoms with E-state index in [0.717, 1.165) is 30.9 Å². The number of nitrogens with two attached hydrogens (primary N) is 1. The zero-order valence-electron chi connectivity index (χ0n) is 11.6. The van der Waals surface area contributed by atoms with Gasteiger partial charge in [-0.05, 0) is 36.1 Å². The Morgan fingerprint density at radius 2 is 2.22 bits per heavy atom. The van der Waals surface area contributed by atoms with Crippen LogP contribution in [0.3, 0.4) is 0 Å². The van der Waals surface area contributed by atoms with Crippen LogP contribution in [0.25, 0.3) is 0 Å². The van der Waals surface area contributed by atoms with Gasteiger partial charge in [0, 0.05) is 19.1 Å². The normalized spacial score (nSPS) is 20.9. The molecule has 1 saturated heterocycles. The van der Waals surface area contributed by atoms with Gasteiger partial charge in [0.15, 0.2) is 0 Å². The molecule has 1 aromatic rings. The van der Waals surface area contributed by atoms with Crippen molar-refractivity contribution in [3.63, 3.8) is 0 Å². The van der Waals surface area contributed by atoms with Gasteiger partial charge >= 0.3 is 0 Å². The molecule has 3 nitrogen and oxygen atoms in total. The Labute approximate surface area is 110 Å². The Morgan fingerprint density at radius 1 is 1.44 bits per heavy atom. The maximum atomic E-state index is 6.29. The van der Waals surface area contributed by atoms with Gasteiger partial charge in [0.25, 0.3) is 0 Å². The zero-order valence-corrected chi connectivity index (χ0v) is 11.6. The van der Waals surface area contributed by atoms with Crippen molar-refractivity contribution in [3.8, 4) is 5.75 Å². The molecule has 0 spiro atoms. The summed E-state index contributed by atoms with van der Waals surface area (Å²) in [5.74, 6) is 0.879. The largest absolute Gasteiger partial charge is 0.497 e. The first-order valence-corrected chi connectivity index (χ1v) is 6.62. The summed E-state index contributed by atoms with van der Waals surface area (Å²) < 4.78 is 5.24. The number of ether oxygens (including phenoxy) is 1. The Hall–Kier alpha value is -1.06. The molecule has 1 heterocycles. The molecule has 1 fully saturated rings. The quantitative estimate of drug-likeness (QED) is 0.889. The summed E-state index contributed by atoms with van der Waals surface area (Å²) >= 11 is 0. The molecule has 1 unspecified atom stereocenters. The summed E-state index contributed by atoms with van der Waals surface area (Å²) in [7, 11) is 1.69. The minimum absolute atomic E-state index is 0.0639. The lowest BCUT2D eigenvalue weighted by molar-refractivity contribution is 0.276. The predicted octanol–water partition coefficient (Wildman–Crippen LogP) is 2.43. The summed E-state index contributed by atoms with van der Waals surface area (Å²) in [6, 6.07) is 8.13. The topological polar surface area (TPSA) is 38.5 Å². The van der Waals surface area contributed by atoms with E-state index in [0.29, 0.717) is 5.41 Å². The van der Waals surface area contributed by atoms with Gasteiger partial charge in [0.1, 0.15) is 5.75 Å². The zero-order chi connectivity index (χ0) is 13.2. The van der Waals surface area contributed by atoms with E-state index in [1.165, 1.54) is 6.42 Å². The summed E-state index contributed by atoms with van der Waals surface area (Å²) in [5, 5.41) is 0. The summed E-state index contributed by atoms with van der Waals surface area (Å²) in [4.78, 5) is 2.46. The molecular weight excluding hydrogens is 224 g/mol. The first kappa shape index (κ1) is 13.4. The first-order chi connectivity index (χ1) is 8.50. The van der Waals surface area contributed by atoms with E-state index in [1.807, 2.05) is 18.2 Å². The molecule has 18 heavy (non-hydrogen) atoms. The van der Waals surface area contributed by atoms with Crippen molar-refractivity contribution in [1.82, 2.24) is 4.90 Å². The van der Waals surface area contributed by atoms with Gasteiger partial charge in [-0.15, -0.1) is 0 Å². The molecule has 0 aliphatic carbocycles. The minimum Gasteiger partial charge on any atom is -0.497 e. The molecule has 0 amide bonds. The van der Waals surface area contributed by atoms with Gasteiger partial charge in [-0.25, -0.2) is 0 Å². The highest BCUT2D eigenvalue weighted by Gasteiger charge is 2.29. The number of likely N-dealkylation sites (tertiary alicyclic amines) is 1. The molecular formula is C15H24N2O. The van der Waals surface area contributed by atoms with Crippen molar-refractivity contribution in [1.29, 1.82) is 0 Å². The highest BCUT2D eigenvalue weighted by Crippen LogP contribution is 2.30. The fraction of sp³-hybridized carbons (Fsp3) is 0.600. The molecule has 2 N–H and O–H groups in total. The van der Waals surface area contributed by atoms with Crippen LogP contribution in [0, 0.1) is 5.41 Å². The lowest BCUT2D eigenvalue weighted by atomic mass is 9.93. The molecule has 2 rings (SSSR count). The molecule has 1 aromatic carbocycles. The second-order valence-corrected chi connectivity index (χ2v) is 6.03. The highest BCUT2D eigenvalue weighted by atomic mass is 16.5. The van der Waals surface area contributed by atoms with Gasteiger partial charge in [-0.1, -0.05) is 26.0 Å². The maximum absolute atomic E-state index is 6.29. The molecule has 3 heteroatoms. The Kier molecular flexibility index (Phi) is 3.93. The monoisotopic (exact) mass is 248 g/mol. The van der Waals surface area contributed by atoms with Crippen molar-refractivity contribution >= 4 is 0 Å². The molecule has 0 radical (unpaired) electrons. The number of rotatable bonds is 4. The molecule has 0 aromatic heterocycles. The Bertz CT molecular complexity index is 403. The van der Waals surface area contributed by atoms with E-state index < -0.39 is 0 Å². The Balaban J connectivity index is 1.97. The van der Waals surface area contributed by atoms with Gasteiger partial charge in [0.2, 0.25) is 0 Å². The van der Waals surface area contributed by atoms with Gasteiger partial charge in [-0.2, -0.15) is 0 Å². The first-order valence-electron chi connectivity index (χ1n) is 6.62. The van der Waals surface area contributed by atoms with Gasteiger partial charge in [0.05, 0.1) is 7.11 Å². The van der Waals surface area contributed by atoms with E-state index in [9.17, 15) is 0 Å². The van der Waals surface area contributed by atoms with Crippen LogP contribution in [0.4, 0.5) is 0 Å². The summed E-state index contributed by atoms with van der Waals surface area (Å²) in [6.45, 7) is 7.88. The third-order valence-corrected chi connectivity index (χ3v) is 3.73. The number of nitrogens with zero attached hydrogens (tertiary/aromatic N) is 1. The molecule has 1 aliphatic heterocycles. The maximum Gasteiger partial charge on any atom is 0.119 e. The van der Waals surface area contributed by atoms with E-state index in [1.54, 1.807) is 7.11 Å². The van der Waals surface area contributed by atoms with E-state index in [4.69, 9.17) is 10.5 Å². The second-order valence-electron chi connectivity index (χ2n) is 6.03. The fourth-order valence-corrected chi connectivity index (χ4v) is 2.64. The summed E-state index contributed by atoms with van der Waals surface area (Å²) in [5.41, 5.74) is 7.88. The van der Waals surface area contributed by atoms with Crippen molar-refractivity contribution in [2.24, 2.45) is 11.1 Å². The number of methoxy groups -OCH3 is 1. The lowest BCUT2D eigenvalue weighted by Gasteiger charge is -2.23. The molecule has 0 saturated carbocycles. The van der Waals surface area contributed by atoms with Crippen LogP contribution in [-0.4, -0.2) is 31.6 Å². The van der Waals surface area contributed by atoms with Crippen molar-refractivity contribution in [2.45, 2.75) is 26.3 Å². The smallest absolute Gasteiger partial charge is 0.119 e. The van der Waals surface area contributed by atoms with Crippen LogP contribution < -0.4 is 10.5 Å². The van der Waals surface area contributed by atoms with Crippen LogP contribution in [0.2, 0.25) is 0 Å². The second kappa shape index (κ2) is 5.29. The third kappa shape index (κ3) is 3.24. The van der Waals surface area contributed by atoms with Crippen LogP contribution in [0.1, 0.15) is 31.9 Å². The predicted molar refractivity (Wildman–Crippen MR) is 74.8 cm³/mol. The van der Waals surface area contributed by atoms with Crippen LogP contribution in [-0.2, 0) is 0 Å². The fourth-order valence-electron chi connectivity index (χ4n) is 2.64. The van der Waals surface area contributed by atoms with Crippen LogP contribution >= 0.6 is 0 Å². The third-order valence-electron chi connectivity index (χ3n) is 3.73. The number of benzene rings is 1. The molecule has 1 aliphatic rings. The van der Waals surface area contributed by atoms with E-state index in [2.05, 4.69) is 24.8 Å². The van der Waals surface area contributed by atoms with Gasteiger partial charge in [-0.3, -0.25) is 0 Å². The standard InChI is InChI=1S/C15H24N2O/c1-15(2)7-8-17(11-15)10-14(16)12-5-4-6-13(9-12)18-3/h4-6,9,14H,7-8,10-11,16H2,1-3H3. The lowest BCUT2D eigenvalue weighted by Crippen LogP contribution is -2.31. The SMILES string of the molecule is COc1cccc(C(N)CN2CCC(C)(C)C2)c1. The van der Waals surface area contributed by atoms with Crippen molar-refractivity contribution < 1.29 is 4.74 Å².